The van der Waals surface area contributed by atoms with Crippen LogP contribution in [0.2, 0.25) is 0 Å². The van der Waals surface area contributed by atoms with Crippen LogP contribution in [0.15, 0.2) is 24.0 Å². The van der Waals surface area contributed by atoms with Crippen molar-refractivity contribution in [2.45, 2.75) is 82.0 Å². The van der Waals surface area contributed by atoms with Crippen LogP contribution in [0.4, 0.5) is 0 Å². The lowest BCUT2D eigenvalue weighted by atomic mass is 9.65. The topological polar surface area (TPSA) is 115 Å². The van der Waals surface area contributed by atoms with Gasteiger partial charge in [0.25, 0.3) is 0 Å². The van der Waals surface area contributed by atoms with E-state index in [0.29, 0.717) is 23.7 Å². The van der Waals surface area contributed by atoms with E-state index in [4.69, 9.17) is 18.9 Å². The average molecular weight is 516 g/mol. The molecule has 3 heterocycles. The molecule has 1 aromatic rings. The molecule has 0 amide bonds. The van der Waals surface area contributed by atoms with Crippen molar-refractivity contribution < 1.29 is 38.7 Å². The van der Waals surface area contributed by atoms with Crippen molar-refractivity contribution in [2.24, 2.45) is 5.92 Å². The van der Waals surface area contributed by atoms with E-state index in [-0.39, 0.29) is 19.1 Å². The molecule has 0 radical (unpaired) electrons. The molecule has 9 heteroatoms. The minimum atomic E-state index is -2.14. The van der Waals surface area contributed by atoms with Gasteiger partial charge < -0.3 is 29.2 Å². The van der Waals surface area contributed by atoms with Crippen molar-refractivity contribution in [3.63, 3.8) is 0 Å². The van der Waals surface area contributed by atoms with Gasteiger partial charge in [-0.15, -0.1) is 0 Å². The molecule has 1 saturated heterocycles. The third-order valence-corrected chi connectivity index (χ3v) is 8.84. The predicted molar refractivity (Wildman–Crippen MR) is 133 cm³/mol. The van der Waals surface area contributed by atoms with Crippen LogP contribution in [0, 0.1) is 5.92 Å². The third kappa shape index (κ3) is 3.98. The number of rotatable bonds is 8. The van der Waals surface area contributed by atoms with Gasteiger partial charge in [0.2, 0.25) is 6.79 Å². The zero-order valence-corrected chi connectivity index (χ0v) is 22.0. The van der Waals surface area contributed by atoms with Gasteiger partial charge in [0.1, 0.15) is 5.76 Å². The summed E-state index contributed by atoms with van der Waals surface area (Å²) >= 11 is 0. The molecule has 2 unspecified atom stereocenters. The number of carbonyl (C=O) groups is 2. The summed E-state index contributed by atoms with van der Waals surface area (Å²) in [4.78, 5) is 27.7. The van der Waals surface area contributed by atoms with Crippen molar-refractivity contribution in [2.75, 3.05) is 27.0 Å². The van der Waals surface area contributed by atoms with E-state index in [1.165, 1.54) is 0 Å². The Morgan fingerprint density at radius 1 is 1.24 bits per heavy atom. The van der Waals surface area contributed by atoms with Crippen LogP contribution in [0.25, 0.3) is 0 Å². The Kier molecular flexibility index (Phi) is 6.43. The number of hydrogen-bond donors (Lipinski definition) is 2. The van der Waals surface area contributed by atoms with E-state index < -0.39 is 41.0 Å². The summed E-state index contributed by atoms with van der Waals surface area (Å²) in [6.45, 7) is 7.89. The molecular formula is C28H37NO8. The van der Waals surface area contributed by atoms with Crippen molar-refractivity contribution in [1.29, 1.82) is 0 Å². The molecule has 1 aliphatic carbocycles. The molecule has 4 aliphatic rings. The highest BCUT2D eigenvalue weighted by Gasteiger charge is 2.66. The summed E-state index contributed by atoms with van der Waals surface area (Å²) in [5.41, 5.74) is -1.29. The number of hydrogen-bond acceptors (Lipinski definition) is 8. The average Bonchev–Trinajstić information content (AvgIpc) is 3.52. The number of benzene rings is 1. The summed E-state index contributed by atoms with van der Waals surface area (Å²) in [7, 11) is 1.56. The lowest BCUT2D eigenvalue weighted by Crippen LogP contribution is -2.59. The van der Waals surface area contributed by atoms with E-state index in [1.807, 2.05) is 26.0 Å². The molecule has 5 rings (SSSR count). The molecule has 9 nitrogen and oxygen atoms in total. The lowest BCUT2D eigenvalue weighted by molar-refractivity contribution is -0.180. The summed E-state index contributed by atoms with van der Waals surface area (Å²) in [6, 6.07) is 4.02. The van der Waals surface area contributed by atoms with Gasteiger partial charge in [0, 0.05) is 6.54 Å². The first-order chi connectivity index (χ1) is 17.5. The summed E-state index contributed by atoms with van der Waals surface area (Å²) in [6.07, 6.45) is 3.63. The quantitative estimate of drug-likeness (QED) is 0.504. The fraction of sp³-hybridized carbons (Fsp3) is 0.643. The number of aliphatic carboxylic acids is 1. The van der Waals surface area contributed by atoms with Crippen LogP contribution in [-0.2, 0) is 30.9 Å². The number of aliphatic hydroxyl groups is 1. The van der Waals surface area contributed by atoms with E-state index in [1.54, 1.807) is 7.11 Å². The van der Waals surface area contributed by atoms with Crippen LogP contribution in [0.5, 0.6) is 11.5 Å². The minimum absolute atomic E-state index is 0.00218. The van der Waals surface area contributed by atoms with Crippen LogP contribution in [-0.4, -0.2) is 71.3 Å². The number of carboxylic acids is 1. The van der Waals surface area contributed by atoms with Crippen molar-refractivity contribution in [1.82, 2.24) is 4.90 Å². The van der Waals surface area contributed by atoms with Gasteiger partial charge in [-0.25, -0.2) is 4.79 Å². The first-order valence-corrected chi connectivity index (χ1v) is 13.1. The molecule has 1 spiro atoms. The molecule has 37 heavy (non-hydrogen) atoms. The SMILES string of the molecule is COC1=CC23CCCN2CCc2cc4c(cc2[C@]3(C)[C@H]1OC(=O)C(O)(CCC(C)C)CC(=O)O)OCO4. The van der Waals surface area contributed by atoms with Gasteiger partial charge >= 0.3 is 11.9 Å². The molecule has 2 N–H and O–H groups in total. The van der Waals surface area contributed by atoms with Gasteiger partial charge in [-0.1, -0.05) is 13.8 Å². The maximum atomic E-state index is 13.6. The molecule has 1 aromatic carbocycles. The summed E-state index contributed by atoms with van der Waals surface area (Å²) < 4.78 is 23.4. The second kappa shape index (κ2) is 9.20. The smallest absolute Gasteiger partial charge is 0.339 e. The molecule has 3 aliphatic heterocycles. The van der Waals surface area contributed by atoms with E-state index in [0.717, 1.165) is 43.5 Å². The fourth-order valence-corrected chi connectivity index (χ4v) is 6.84. The molecule has 0 saturated carbocycles. The predicted octanol–water partition coefficient (Wildman–Crippen LogP) is 3.16. The van der Waals surface area contributed by atoms with Crippen molar-refractivity contribution >= 4 is 11.9 Å². The summed E-state index contributed by atoms with van der Waals surface area (Å²) in [5.74, 6) is -0.145. The first-order valence-electron chi connectivity index (χ1n) is 13.1. The van der Waals surface area contributed by atoms with Gasteiger partial charge in [-0.05, 0) is 80.8 Å². The Hall–Kier alpha value is -2.78. The van der Waals surface area contributed by atoms with Gasteiger partial charge in [0.15, 0.2) is 23.2 Å². The maximum Gasteiger partial charge on any atom is 0.339 e. The van der Waals surface area contributed by atoms with Crippen LogP contribution < -0.4 is 9.47 Å². The van der Waals surface area contributed by atoms with Crippen molar-refractivity contribution in [3.8, 4) is 11.5 Å². The number of fused-ring (bicyclic) bond motifs is 3. The number of carboxylic acid groups (broad SMARTS) is 1. The minimum Gasteiger partial charge on any atom is -0.497 e. The molecule has 0 bridgehead atoms. The second-order valence-corrected chi connectivity index (χ2v) is 11.4. The maximum absolute atomic E-state index is 13.6. The summed E-state index contributed by atoms with van der Waals surface area (Å²) in [5, 5.41) is 20.8. The van der Waals surface area contributed by atoms with Gasteiger partial charge in [-0.2, -0.15) is 0 Å². The molecule has 202 valence electrons. The Bertz CT molecular complexity index is 1130. The normalized spacial score (nSPS) is 29.6. The van der Waals surface area contributed by atoms with E-state index in [9.17, 15) is 19.8 Å². The monoisotopic (exact) mass is 515 g/mol. The van der Waals surface area contributed by atoms with Crippen LogP contribution in [0.3, 0.4) is 0 Å². The Balaban J connectivity index is 1.60. The number of methoxy groups -OCH3 is 1. The highest BCUT2D eigenvalue weighted by Crippen LogP contribution is 2.59. The third-order valence-electron chi connectivity index (χ3n) is 8.84. The second-order valence-electron chi connectivity index (χ2n) is 11.4. The van der Waals surface area contributed by atoms with Crippen LogP contribution >= 0.6 is 0 Å². The van der Waals surface area contributed by atoms with Gasteiger partial charge in [0.05, 0.1) is 24.5 Å². The first kappa shape index (κ1) is 25.9. The Morgan fingerprint density at radius 2 is 1.97 bits per heavy atom. The highest BCUT2D eigenvalue weighted by molar-refractivity contribution is 5.85. The molecule has 1 fully saturated rings. The zero-order chi connectivity index (χ0) is 26.6. The van der Waals surface area contributed by atoms with Crippen LogP contribution in [0.1, 0.15) is 64.0 Å². The standard InChI is InChI=1S/C28H37NO8/c1-17(2)6-9-27(33,15-23(30)31)25(32)37-24-22(34-4)14-28-8-5-10-29(28)11-7-18-12-20-21(36-16-35-20)13-19(18)26(24,28)3/h12-14,17,24,33H,5-11,15-16H2,1-4H3,(H,30,31)/t24-,26+,27?,28?/m0/s1. The number of esters is 1. The van der Waals surface area contributed by atoms with Gasteiger partial charge in [-0.3, -0.25) is 9.69 Å². The van der Waals surface area contributed by atoms with E-state index in [2.05, 4.69) is 17.9 Å². The Labute approximate surface area is 217 Å². The largest absolute Gasteiger partial charge is 0.497 e. The number of carbonyl (C=O) groups excluding carboxylic acids is 1. The highest BCUT2D eigenvalue weighted by atomic mass is 16.7. The fourth-order valence-electron chi connectivity index (χ4n) is 6.84. The molecule has 4 atom stereocenters. The molecular weight excluding hydrogens is 478 g/mol. The van der Waals surface area contributed by atoms with Crippen molar-refractivity contribution in [3.05, 3.63) is 35.1 Å². The number of nitrogens with zero attached hydrogens (tertiary/aromatic N) is 1. The lowest BCUT2D eigenvalue weighted by Gasteiger charge is -2.48. The number of ether oxygens (including phenoxy) is 4. The Morgan fingerprint density at radius 3 is 2.65 bits per heavy atom. The zero-order valence-electron chi connectivity index (χ0n) is 22.0. The van der Waals surface area contributed by atoms with E-state index >= 15 is 0 Å². The molecule has 0 aromatic heterocycles.